The van der Waals surface area contributed by atoms with Gasteiger partial charge in [-0.3, -0.25) is 9.42 Å². The Morgan fingerprint density at radius 3 is 2.47 bits per heavy atom. The van der Waals surface area contributed by atoms with Gasteiger partial charge in [0.2, 0.25) is 0 Å². The molecule has 0 aromatic rings. The fourth-order valence-electron chi connectivity index (χ4n) is 3.84. The van der Waals surface area contributed by atoms with Gasteiger partial charge < -0.3 is 29.2 Å². The molecule has 0 aliphatic carbocycles. The molecule has 2 rings (SSSR count). The number of phosphoric acid groups is 1. The molecule has 10 heteroatoms. The van der Waals surface area contributed by atoms with Crippen LogP contribution in [0.4, 0.5) is 0 Å². The van der Waals surface area contributed by atoms with Gasteiger partial charge in [0.15, 0.2) is 0 Å². The average molecular weight is 451 g/mol. The summed E-state index contributed by atoms with van der Waals surface area (Å²) in [4.78, 5) is 10.4. The molecule has 2 aliphatic rings. The molecule has 0 bridgehead atoms. The Bertz CT molecular complexity index is 630. The summed E-state index contributed by atoms with van der Waals surface area (Å²) in [6, 6.07) is 0. The molecule has 0 saturated carbocycles. The Kier molecular flexibility index (Phi) is 8.93. The molecule has 9 nitrogen and oxygen atoms in total. The third-order valence-electron chi connectivity index (χ3n) is 5.11. The smallest absolute Gasteiger partial charge is 0.406 e. The molecule has 0 spiro atoms. The minimum absolute atomic E-state index is 0.000393. The fourth-order valence-corrected chi connectivity index (χ4v) is 4.88. The van der Waals surface area contributed by atoms with Gasteiger partial charge in [0, 0.05) is 19.4 Å². The zero-order valence-corrected chi connectivity index (χ0v) is 19.8. The van der Waals surface area contributed by atoms with E-state index < -0.39 is 25.6 Å². The minimum atomic E-state index is -4.52. The highest BCUT2D eigenvalue weighted by atomic mass is 31.2. The average Bonchev–Trinajstić information content (AvgIpc) is 3.11. The van der Waals surface area contributed by atoms with E-state index in [2.05, 4.69) is 6.58 Å². The van der Waals surface area contributed by atoms with E-state index >= 15 is 0 Å². The molecule has 2 fully saturated rings. The summed E-state index contributed by atoms with van der Waals surface area (Å²) < 4.78 is 46.9. The van der Waals surface area contributed by atoms with Crippen molar-refractivity contribution in [3.8, 4) is 0 Å². The highest BCUT2D eigenvalue weighted by Crippen LogP contribution is 2.52. The van der Waals surface area contributed by atoms with Crippen LogP contribution in [-0.2, 0) is 32.6 Å². The molecule has 2 heterocycles. The molecule has 0 amide bonds. The van der Waals surface area contributed by atoms with Crippen LogP contribution >= 0.6 is 7.82 Å². The summed E-state index contributed by atoms with van der Waals surface area (Å²) in [5.41, 5.74) is 4.92. The van der Waals surface area contributed by atoms with Crippen molar-refractivity contribution in [1.82, 2.24) is 0 Å². The van der Waals surface area contributed by atoms with Crippen LogP contribution in [-0.4, -0.2) is 66.4 Å². The lowest BCUT2D eigenvalue weighted by Gasteiger charge is -2.34. The van der Waals surface area contributed by atoms with Gasteiger partial charge in [0.25, 0.3) is 0 Å². The lowest BCUT2D eigenvalue weighted by Crippen LogP contribution is -2.51. The molecule has 2 saturated heterocycles. The molecular formula is C20H38NO8P. The van der Waals surface area contributed by atoms with Crippen LogP contribution in [0.5, 0.6) is 0 Å². The predicted molar refractivity (Wildman–Crippen MR) is 112 cm³/mol. The summed E-state index contributed by atoms with van der Waals surface area (Å²) in [7, 11) is -4.52. The maximum absolute atomic E-state index is 12.8. The molecule has 2 aliphatic heterocycles. The van der Waals surface area contributed by atoms with Gasteiger partial charge in [-0.2, -0.15) is 0 Å². The summed E-state index contributed by atoms with van der Waals surface area (Å²) in [5.74, 6) is -0.000393. The topological polar surface area (TPSA) is 119 Å². The zero-order chi connectivity index (χ0) is 22.7. The molecule has 7 unspecified atom stereocenters. The quantitative estimate of drug-likeness (QED) is 0.361. The van der Waals surface area contributed by atoms with Crippen molar-refractivity contribution < 1.29 is 37.5 Å². The van der Waals surface area contributed by atoms with Crippen LogP contribution < -0.4 is 5.73 Å². The first-order valence-corrected chi connectivity index (χ1v) is 12.1. The fraction of sp³-hybridized carbons (Fsp3) is 0.900. The summed E-state index contributed by atoms with van der Waals surface area (Å²) in [6.45, 7) is 15.4. The van der Waals surface area contributed by atoms with Crippen molar-refractivity contribution in [2.75, 3.05) is 13.2 Å². The third-order valence-corrected chi connectivity index (χ3v) is 6.10. The standard InChI is InChI=1S/C20H38NO8P/c1-12(2)24-11-20(10-21)18(9-15(6)27-20)29-30(22,23)28-16(7)19-17(25-13(3)4)8-14(5)26-19/h12-15,17-19H,7-11,21H2,1-6H3,(H,22,23). The van der Waals surface area contributed by atoms with Gasteiger partial charge in [-0.05, 0) is 41.5 Å². The van der Waals surface area contributed by atoms with Gasteiger partial charge in [0.05, 0.1) is 37.1 Å². The van der Waals surface area contributed by atoms with Gasteiger partial charge in [-0.25, -0.2) is 4.57 Å². The highest BCUT2D eigenvalue weighted by Gasteiger charge is 2.51. The van der Waals surface area contributed by atoms with Crippen LogP contribution in [0.25, 0.3) is 0 Å². The second kappa shape index (κ2) is 10.4. The second-order valence-electron chi connectivity index (χ2n) is 8.74. The Hall–Kier alpha value is -0.510. The largest absolute Gasteiger partial charge is 0.527 e. The van der Waals surface area contributed by atoms with Crippen LogP contribution in [0.3, 0.4) is 0 Å². The van der Waals surface area contributed by atoms with Crippen molar-refractivity contribution in [2.45, 2.75) is 103 Å². The Labute approximate surface area is 179 Å². The van der Waals surface area contributed by atoms with Gasteiger partial charge in [-0.15, -0.1) is 0 Å². The first-order chi connectivity index (χ1) is 13.9. The number of phosphoric ester groups is 1. The lowest BCUT2D eigenvalue weighted by atomic mass is 9.97. The molecular weight excluding hydrogens is 413 g/mol. The number of ether oxygens (including phenoxy) is 4. The summed E-state index contributed by atoms with van der Waals surface area (Å²) >= 11 is 0. The maximum atomic E-state index is 12.8. The first-order valence-electron chi connectivity index (χ1n) is 10.6. The van der Waals surface area contributed by atoms with Crippen molar-refractivity contribution >= 4 is 7.82 Å². The molecule has 176 valence electrons. The molecule has 7 atom stereocenters. The number of rotatable bonds is 11. The van der Waals surface area contributed by atoms with Gasteiger partial charge in [-0.1, -0.05) is 6.58 Å². The van der Waals surface area contributed by atoms with Crippen LogP contribution in [0.15, 0.2) is 12.3 Å². The number of hydrogen-bond donors (Lipinski definition) is 2. The SMILES string of the molecule is C=C(OP(=O)(O)OC1CC(C)OC1(CN)COC(C)C)C1OC(C)CC1OC(C)C. The Morgan fingerprint density at radius 1 is 1.23 bits per heavy atom. The van der Waals surface area contributed by atoms with E-state index in [9.17, 15) is 9.46 Å². The Morgan fingerprint density at radius 2 is 1.90 bits per heavy atom. The van der Waals surface area contributed by atoms with Crippen molar-refractivity contribution in [3.63, 3.8) is 0 Å². The normalized spacial score (nSPS) is 36.4. The van der Waals surface area contributed by atoms with Crippen LogP contribution in [0.1, 0.15) is 54.4 Å². The highest BCUT2D eigenvalue weighted by molar-refractivity contribution is 7.47. The minimum Gasteiger partial charge on any atom is -0.406 e. The predicted octanol–water partition coefficient (Wildman–Crippen LogP) is 2.90. The molecule has 0 aromatic heterocycles. The van der Waals surface area contributed by atoms with Crippen molar-refractivity contribution in [3.05, 3.63) is 12.3 Å². The van der Waals surface area contributed by atoms with Crippen LogP contribution in [0.2, 0.25) is 0 Å². The van der Waals surface area contributed by atoms with Gasteiger partial charge in [0.1, 0.15) is 23.6 Å². The molecule has 30 heavy (non-hydrogen) atoms. The van der Waals surface area contributed by atoms with Crippen molar-refractivity contribution in [1.29, 1.82) is 0 Å². The van der Waals surface area contributed by atoms with E-state index in [-0.39, 0.29) is 49.4 Å². The number of nitrogens with two attached hydrogens (primary N) is 1. The summed E-state index contributed by atoms with van der Waals surface area (Å²) in [6.07, 6.45) is -1.09. The van der Waals surface area contributed by atoms with E-state index in [1.807, 2.05) is 41.5 Å². The van der Waals surface area contributed by atoms with Gasteiger partial charge >= 0.3 is 7.82 Å². The van der Waals surface area contributed by atoms with Crippen LogP contribution in [0, 0.1) is 0 Å². The molecule has 3 N–H and O–H groups in total. The number of hydrogen-bond acceptors (Lipinski definition) is 8. The Balaban J connectivity index is 2.07. The molecule has 0 radical (unpaired) electrons. The van der Waals surface area contributed by atoms with Crippen molar-refractivity contribution in [2.24, 2.45) is 5.73 Å². The zero-order valence-electron chi connectivity index (χ0n) is 18.9. The maximum Gasteiger partial charge on any atom is 0.527 e. The summed E-state index contributed by atoms with van der Waals surface area (Å²) in [5, 5.41) is 0. The van der Waals surface area contributed by atoms with E-state index in [1.54, 1.807) is 0 Å². The van der Waals surface area contributed by atoms with E-state index in [4.69, 9.17) is 33.7 Å². The van der Waals surface area contributed by atoms with E-state index in [0.29, 0.717) is 12.8 Å². The third kappa shape index (κ3) is 6.74. The monoisotopic (exact) mass is 451 g/mol. The second-order valence-corrected chi connectivity index (χ2v) is 10.1. The van der Waals surface area contributed by atoms with E-state index in [0.717, 1.165) is 0 Å². The molecule has 0 aromatic carbocycles. The first kappa shape index (κ1) is 25.7. The lowest BCUT2D eigenvalue weighted by molar-refractivity contribution is -0.124. The van der Waals surface area contributed by atoms with E-state index in [1.165, 1.54) is 0 Å².